The fourth-order valence-corrected chi connectivity index (χ4v) is 4.20. The van der Waals surface area contributed by atoms with E-state index in [1.165, 1.54) is 12.1 Å². The number of carbonyl (C=O) groups is 1. The summed E-state index contributed by atoms with van der Waals surface area (Å²) in [5.74, 6) is -0.156. The number of imidazole rings is 1. The number of unbranched alkanes of at least 4 members (excludes halogenated alkanes) is 1. The van der Waals surface area contributed by atoms with Crippen molar-refractivity contribution >= 4 is 16.8 Å². The third-order valence-corrected chi connectivity index (χ3v) is 5.87. The molecular formula is C23H26FN3O2. The van der Waals surface area contributed by atoms with Crippen LogP contribution < -0.4 is 5.69 Å². The van der Waals surface area contributed by atoms with Gasteiger partial charge in [-0.3, -0.25) is 9.36 Å². The Hall–Kier alpha value is -2.73. The number of likely N-dealkylation sites (tertiary alicyclic amines) is 1. The Labute approximate surface area is 169 Å². The monoisotopic (exact) mass is 395 g/mol. The van der Waals surface area contributed by atoms with Gasteiger partial charge in [0.05, 0.1) is 11.0 Å². The Morgan fingerprint density at radius 3 is 2.45 bits per heavy atom. The number of halogens is 1. The highest BCUT2D eigenvalue weighted by Crippen LogP contribution is 2.22. The van der Waals surface area contributed by atoms with E-state index in [2.05, 4.69) is 9.88 Å². The summed E-state index contributed by atoms with van der Waals surface area (Å²) in [5.41, 5.74) is 2.39. The van der Waals surface area contributed by atoms with E-state index in [4.69, 9.17) is 0 Å². The lowest BCUT2D eigenvalue weighted by Gasteiger charge is -2.31. The quantitative estimate of drug-likeness (QED) is 0.488. The lowest BCUT2D eigenvalue weighted by atomic mass is 9.89. The first-order chi connectivity index (χ1) is 14.1. The van der Waals surface area contributed by atoms with Crippen molar-refractivity contribution in [2.24, 2.45) is 5.92 Å². The summed E-state index contributed by atoms with van der Waals surface area (Å²) in [6.45, 7) is 3.51. The topological polar surface area (TPSA) is 58.1 Å². The highest BCUT2D eigenvalue weighted by atomic mass is 19.1. The predicted molar refractivity (Wildman–Crippen MR) is 112 cm³/mol. The van der Waals surface area contributed by atoms with E-state index in [0.29, 0.717) is 12.1 Å². The number of carbonyl (C=O) groups excluding carboxylic acids is 1. The first kappa shape index (κ1) is 19.6. The van der Waals surface area contributed by atoms with Crippen molar-refractivity contribution in [3.05, 3.63) is 70.4 Å². The van der Waals surface area contributed by atoms with Crippen LogP contribution in [0, 0.1) is 11.7 Å². The maximum atomic E-state index is 13.0. The molecule has 1 fully saturated rings. The van der Waals surface area contributed by atoms with Gasteiger partial charge in [-0.15, -0.1) is 0 Å². The maximum Gasteiger partial charge on any atom is 0.326 e. The van der Waals surface area contributed by atoms with Crippen molar-refractivity contribution in [1.29, 1.82) is 0 Å². The molecule has 0 saturated carbocycles. The minimum atomic E-state index is -0.314. The highest BCUT2D eigenvalue weighted by Gasteiger charge is 2.25. The van der Waals surface area contributed by atoms with Crippen LogP contribution in [0.1, 0.15) is 36.0 Å². The van der Waals surface area contributed by atoms with Crippen molar-refractivity contribution in [2.75, 3.05) is 19.6 Å². The minimum absolute atomic E-state index is 0.0292. The van der Waals surface area contributed by atoms with Crippen LogP contribution in [-0.2, 0) is 6.54 Å². The van der Waals surface area contributed by atoms with E-state index in [1.807, 2.05) is 28.8 Å². The highest BCUT2D eigenvalue weighted by molar-refractivity contribution is 5.97. The van der Waals surface area contributed by atoms with Crippen LogP contribution in [-0.4, -0.2) is 39.9 Å². The first-order valence-electron chi connectivity index (χ1n) is 10.3. The van der Waals surface area contributed by atoms with E-state index >= 15 is 0 Å². The van der Waals surface area contributed by atoms with Gasteiger partial charge in [-0.2, -0.15) is 0 Å². The van der Waals surface area contributed by atoms with Gasteiger partial charge in [0.25, 0.3) is 0 Å². The molecule has 3 aromatic rings. The molecule has 0 radical (unpaired) electrons. The van der Waals surface area contributed by atoms with Gasteiger partial charge < -0.3 is 9.88 Å². The summed E-state index contributed by atoms with van der Waals surface area (Å²) in [5, 5.41) is 0. The number of H-pyrrole nitrogens is 1. The molecule has 1 saturated heterocycles. The number of ketones is 1. The molecule has 2 heterocycles. The van der Waals surface area contributed by atoms with Gasteiger partial charge in [0.2, 0.25) is 0 Å². The second-order valence-corrected chi connectivity index (χ2v) is 7.79. The normalized spacial score (nSPS) is 15.8. The molecule has 1 N–H and O–H groups in total. The number of aromatic amines is 1. The molecule has 1 aliphatic rings. The fraction of sp³-hybridized carbons (Fsp3) is 0.391. The molecule has 5 nitrogen and oxygen atoms in total. The number of fused-ring (bicyclic) bond motifs is 1. The Bertz CT molecular complexity index is 1030. The average Bonchev–Trinajstić information content (AvgIpc) is 3.07. The van der Waals surface area contributed by atoms with Gasteiger partial charge in [0.15, 0.2) is 5.78 Å². The van der Waals surface area contributed by atoms with E-state index in [9.17, 15) is 14.0 Å². The van der Waals surface area contributed by atoms with Crippen LogP contribution >= 0.6 is 0 Å². The van der Waals surface area contributed by atoms with Gasteiger partial charge in [-0.05, 0) is 81.7 Å². The Kier molecular flexibility index (Phi) is 5.90. The third kappa shape index (κ3) is 4.48. The van der Waals surface area contributed by atoms with Crippen LogP contribution in [0.4, 0.5) is 4.39 Å². The van der Waals surface area contributed by atoms with Gasteiger partial charge in [-0.25, -0.2) is 9.18 Å². The molecule has 0 atom stereocenters. The number of aryl methyl sites for hydroxylation is 1. The number of hydrogen-bond donors (Lipinski definition) is 1. The molecule has 0 amide bonds. The Morgan fingerprint density at radius 2 is 1.69 bits per heavy atom. The number of hydrogen-bond acceptors (Lipinski definition) is 3. The molecule has 0 bridgehead atoms. The van der Waals surface area contributed by atoms with Crippen molar-refractivity contribution in [1.82, 2.24) is 14.5 Å². The standard InChI is InChI=1S/C23H26FN3O2/c24-19-9-7-17(8-10-19)22(28)18-11-15-26(16-12-18)13-3-4-14-27-21-6-2-1-5-20(21)25-23(27)29/h1-2,5-10,18H,3-4,11-16H2,(H,25,29). The lowest BCUT2D eigenvalue weighted by Crippen LogP contribution is -2.37. The molecule has 29 heavy (non-hydrogen) atoms. The largest absolute Gasteiger partial charge is 0.326 e. The summed E-state index contributed by atoms with van der Waals surface area (Å²) in [6.07, 6.45) is 3.65. The van der Waals surface area contributed by atoms with Gasteiger partial charge in [0, 0.05) is 18.0 Å². The molecule has 0 aliphatic carbocycles. The molecule has 1 aromatic heterocycles. The molecule has 1 aliphatic heterocycles. The summed E-state index contributed by atoms with van der Waals surface area (Å²) < 4.78 is 14.8. The van der Waals surface area contributed by atoms with Crippen LogP contribution in [0.15, 0.2) is 53.3 Å². The van der Waals surface area contributed by atoms with Crippen LogP contribution in [0.3, 0.4) is 0 Å². The SMILES string of the molecule is O=C(c1ccc(F)cc1)C1CCN(CCCCn2c(=O)[nH]c3ccccc32)CC1. The van der Waals surface area contributed by atoms with Crippen molar-refractivity contribution in [2.45, 2.75) is 32.2 Å². The number of rotatable bonds is 7. The number of benzene rings is 2. The zero-order valence-corrected chi connectivity index (χ0v) is 16.4. The Morgan fingerprint density at radius 1 is 1.00 bits per heavy atom. The van der Waals surface area contributed by atoms with Crippen LogP contribution in [0.2, 0.25) is 0 Å². The van der Waals surface area contributed by atoms with Crippen molar-refractivity contribution < 1.29 is 9.18 Å². The summed E-state index contributed by atoms with van der Waals surface area (Å²) in [4.78, 5) is 30.0. The van der Waals surface area contributed by atoms with Crippen molar-refractivity contribution in [3.63, 3.8) is 0 Å². The van der Waals surface area contributed by atoms with Crippen LogP contribution in [0.25, 0.3) is 11.0 Å². The van der Waals surface area contributed by atoms with Gasteiger partial charge >= 0.3 is 5.69 Å². The minimum Gasteiger partial charge on any atom is -0.306 e. The number of aromatic nitrogens is 2. The number of nitrogens with one attached hydrogen (secondary N) is 1. The van der Waals surface area contributed by atoms with E-state index in [-0.39, 0.29) is 23.2 Å². The average molecular weight is 395 g/mol. The fourth-order valence-electron chi connectivity index (χ4n) is 4.20. The first-order valence-corrected chi connectivity index (χ1v) is 10.3. The zero-order chi connectivity index (χ0) is 20.2. The summed E-state index contributed by atoms with van der Waals surface area (Å²) in [7, 11) is 0. The number of nitrogens with zero attached hydrogens (tertiary/aromatic N) is 2. The summed E-state index contributed by atoms with van der Waals surface area (Å²) >= 11 is 0. The number of para-hydroxylation sites is 2. The van der Waals surface area contributed by atoms with Gasteiger partial charge in [-0.1, -0.05) is 12.1 Å². The maximum absolute atomic E-state index is 13.0. The van der Waals surface area contributed by atoms with Crippen LogP contribution in [0.5, 0.6) is 0 Å². The zero-order valence-electron chi connectivity index (χ0n) is 16.4. The number of Topliss-reactive ketones (excluding diaryl/α,β-unsaturated/α-hetero) is 1. The molecule has 2 aromatic carbocycles. The third-order valence-electron chi connectivity index (χ3n) is 5.87. The Balaban J connectivity index is 1.22. The smallest absolute Gasteiger partial charge is 0.306 e. The second kappa shape index (κ2) is 8.74. The molecule has 152 valence electrons. The predicted octanol–water partition coefficient (Wildman–Crippen LogP) is 3.84. The second-order valence-electron chi connectivity index (χ2n) is 7.79. The van der Waals surface area contributed by atoms with Gasteiger partial charge in [0.1, 0.15) is 5.82 Å². The summed E-state index contributed by atoms with van der Waals surface area (Å²) in [6, 6.07) is 13.6. The lowest BCUT2D eigenvalue weighted by molar-refractivity contribution is 0.0838. The molecular weight excluding hydrogens is 369 g/mol. The molecule has 6 heteroatoms. The molecule has 0 spiro atoms. The van der Waals surface area contributed by atoms with E-state index in [1.54, 1.807) is 12.1 Å². The number of piperidine rings is 1. The van der Waals surface area contributed by atoms with E-state index in [0.717, 1.165) is 56.4 Å². The molecule has 0 unspecified atom stereocenters. The van der Waals surface area contributed by atoms with Crippen molar-refractivity contribution in [3.8, 4) is 0 Å². The van der Waals surface area contributed by atoms with E-state index < -0.39 is 0 Å². The molecule has 4 rings (SSSR count).